The normalized spacial score (nSPS) is 12.3. The number of nitrogens with zero attached hydrogens (tertiary/aromatic N) is 2. The van der Waals surface area contributed by atoms with Crippen LogP contribution in [-0.4, -0.2) is 24.2 Å². The van der Waals surface area contributed by atoms with Gasteiger partial charge in [0.2, 0.25) is 0 Å². The van der Waals surface area contributed by atoms with Gasteiger partial charge in [0.1, 0.15) is 5.82 Å². The van der Waals surface area contributed by atoms with Crippen LogP contribution in [0.15, 0.2) is 53.5 Å². The molecule has 0 bridgehead atoms. The molecule has 0 aliphatic heterocycles. The van der Waals surface area contributed by atoms with Gasteiger partial charge in [-0.05, 0) is 35.9 Å². The zero-order valence-corrected chi connectivity index (χ0v) is 15.6. The van der Waals surface area contributed by atoms with Gasteiger partial charge < -0.3 is 9.30 Å². The summed E-state index contributed by atoms with van der Waals surface area (Å²) in [6, 6.07) is 11.7. The van der Waals surface area contributed by atoms with Crippen LogP contribution in [0.5, 0.6) is 0 Å². The first kappa shape index (κ1) is 18.5. The lowest BCUT2D eigenvalue weighted by atomic mass is 10.2. The lowest BCUT2D eigenvalue weighted by Gasteiger charge is -2.03. The molecule has 0 spiro atoms. The zero-order valence-electron chi connectivity index (χ0n) is 14.0. The molecule has 134 valence electrons. The Bertz CT molecular complexity index is 1040. The van der Waals surface area contributed by atoms with E-state index in [1.165, 1.54) is 29.5 Å². The molecule has 0 unspecified atom stereocenters. The SMILES string of the molecule is COCCn1c(=NC(=O)/C=C/c2ccccc2Cl)sc2cc(F)ccc21. The van der Waals surface area contributed by atoms with Gasteiger partial charge in [0.15, 0.2) is 4.80 Å². The van der Waals surface area contributed by atoms with Crippen molar-refractivity contribution in [3.05, 3.63) is 69.7 Å². The van der Waals surface area contributed by atoms with Crippen LogP contribution in [0.4, 0.5) is 4.39 Å². The van der Waals surface area contributed by atoms with Crippen molar-refractivity contribution in [3.8, 4) is 0 Å². The molecular weight excluding hydrogens is 375 g/mol. The van der Waals surface area contributed by atoms with E-state index in [1.807, 2.05) is 22.8 Å². The Balaban J connectivity index is 1.97. The van der Waals surface area contributed by atoms with E-state index in [0.29, 0.717) is 23.0 Å². The summed E-state index contributed by atoms with van der Waals surface area (Å²) in [7, 11) is 1.60. The van der Waals surface area contributed by atoms with Gasteiger partial charge in [0.05, 0.1) is 16.8 Å². The Hall–Kier alpha value is -2.28. The van der Waals surface area contributed by atoms with E-state index in [9.17, 15) is 9.18 Å². The van der Waals surface area contributed by atoms with Crippen molar-refractivity contribution < 1.29 is 13.9 Å². The molecule has 0 saturated carbocycles. The van der Waals surface area contributed by atoms with E-state index in [1.54, 1.807) is 25.3 Å². The van der Waals surface area contributed by atoms with Crippen molar-refractivity contribution >= 4 is 45.1 Å². The molecule has 26 heavy (non-hydrogen) atoms. The molecule has 3 aromatic rings. The smallest absolute Gasteiger partial charge is 0.272 e. The molecule has 1 aromatic heterocycles. The highest BCUT2D eigenvalue weighted by molar-refractivity contribution is 7.16. The minimum Gasteiger partial charge on any atom is -0.383 e. The largest absolute Gasteiger partial charge is 0.383 e. The molecule has 0 aliphatic rings. The first-order valence-corrected chi connectivity index (χ1v) is 9.07. The van der Waals surface area contributed by atoms with Gasteiger partial charge >= 0.3 is 0 Å². The molecule has 0 radical (unpaired) electrons. The summed E-state index contributed by atoms with van der Waals surface area (Å²) in [5.74, 6) is -0.739. The average Bonchev–Trinajstić information content (AvgIpc) is 2.95. The summed E-state index contributed by atoms with van der Waals surface area (Å²) >= 11 is 7.34. The highest BCUT2D eigenvalue weighted by Crippen LogP contribution is 2.19. The summed E-state index contributed by atoms with van der Waals surface area (Å²) in [4.78, 5) is 16.9. The molecular formula is C19H16ClFN2O2S. The van der Waals surface area contributed by atoms with E-state index in [-0.39, 0.29) is 5.82 Å². The van der Waals surface area contributed by atoms with Gasteiger partial charge in [0.25, 0.3) is 5.91 Å². The van der Waals surface area contributed by atoms with Crippen LogP contribution in [-0.2, 0) is 16.1 Å². The van der Waals surface area contributed by atoms with E-state index in [4.69, 9.17) is 16.3 Å². The number of carbonyl (C=O) groups is 1. The lowest BCUT2D eigenvalue weighted by Crippen LogP contribution is -2.18. The molecule has 4 nitrogen and oxygen atoms in total. The third-order valence-electron chi connectivity index (χ3n) is 3.68. The fraction of sp³-hybridized carbons (Fsp3) is 0.158. The van der Waals surface area contributed by atoms with Crippen LogP contribution in [0, 0.1) is 5.82 Å². The second-order valence-electron chi connectivity index (χ2n) is 5.45. The fourth-order valence-corrected chi connectivity index (χ4v) is 3.72. The molecule has 3 rings (SSSR count). The van der Waals surface area contributed by atoms with Crippen LogP contribution < -0.4 is 4.80 Å². The number of hydrogen-bond donors (Lipinski definition) is 0. The third-order valence-corrected chi connectivity index (χ3v) is 5.07. The van der Waals surface area contributed by atoms with Gasteiger partial charge in [0, 0.05) is 24.8 Å². The minimum atomic E-state index is -0.414. The van der Waals surface area contributed by atoms with E-state index in [0.717, 1.165) is 15.8 Å². The fourth-order valence-electron chi connectivity index (χ4n) is 2.43. The number of ether oxygens (including phenoxy) is 1. The molecule has 0 saturated heterocycles. The number of rotatable bonds is 5. The van der Waals surface area contributed by atoms with Crippen molar-refractivity contribution in [1.29, 1.82) is 0 Å². The van der Waals surface area contributed by atoms with E-state index in [2.05, 4.69) is 4.99 Å². The maximum Gasteiger partial charge on any atom is 0.272 e. The second kappa shape index (κ2) is 8.40. The second-order valence-corrected chi connectivity index (χ2v) is 6.86. The number of thiazole rings is 1. The van der Waals surface area contributed by atoms with Gasteiger partial charge in [-0.25, -0.2) is 4.39 Å². The molecule has 0 fully saturated rings. The predicted molar refractivity (Wildman–Crippen MR) is 103 cm³/mol. The van der Waals surface area contributed by atoms with Crippen LogP contribution in [0.3, 0.4) is 0 Å². The van der Waals surface area contributed by atoms with Crippen molar-refractivity contribution in [2.75, 3.05) is 13.7 Å². The average molecular weight is 391 g/mol. The number of fused-ring (bicyclic) bond motifs is 1. The van der Waals surface area contributed by atoms with Gasteiger partial charge in [-0.2, -0.15) is 4.99 Å². The van der Waals surface area contributed by atoms with Crippen molar-refractivity contribution in [2.24, 2.45) is 4.99 Å². The summed E-state index contributed by atoms with van der Waals surface area (Å²) in [5.41, 5.74) is 1.55. The van der Waals surface area contributed by atoms with Crippen molar-refractivity contribution in [3.63, 3.8) is 0 Å². The van der Waals surface area contributed by atoms with E-state index >= 15 is 0 Å². The Labute approximate surface area is 158 Å². The quantitative estimate of drug-likeness (QED) is 0.610. The Morgan fingerprint density at radius 2 is 2.15 bits per heavy atom. The number of methoxy groups -OCH3 is 1. The van der Waals surface area contributed by atoms with Crippen molar-refractivity contribution in [1.82, 2.24) is 4.57 Å². The number of carbonyl (C=O) groups excluding carboxylic acids is 1. The molecule has 2 aromatic carbocycles. The van der Waals surface area contributed by atoms with Gasteiger partial charge in [-0.15, -0.1) is 0 Å². The standard InChI is InChI=1S/C19H16ClFN2O2S/c1-25-11-10-23-16-8-7-14(21)12-17(16)26-19(23)22-18(24)9-6-13-4-2-3-5-15(13)20/h2-9,12H,10-11H2,1H3/b9-6+,22-19?. The number of benzene rings is 2. The summed E-state index contributed by atoms with van der Waals surface area (Å²) in [5, 5.41) is 0.559. The van der Waals surface area contributed by atoms with Crippen LogP contribution >= 0.6 is 22.9 Å². The maximum absolute atomic E-state index is 13.5. The van der Waals surface area contributed by atoms with Crippen molar-refractivity contribution in [2.45, 2.75) is 6.54 Å². The molecule has 1 amide bonds. The van der Waals surface area contributed by atoms with E-state index < -0.39 is 5.91 Å². The third kappa shape index (κ3) is 4.27. The number of aromatic nitrogens is 1. The molecule has 7 heteroatoms. The number of halogens is 2. The Kier molecular flexibility index (Phi) is 5.98. The van der Waals surface area contributed by atoms with Gasteiger partial charge in [-0.3, -0.25) is 4.79 Å². The Morgan fingerprint density at radius 3 is 2.92 bits per heavy atom. The minimum absolute atomic E-state index is 0.325. The molecule has 0 aliphatic carbocycles. The first-order valence-electron chi connectivity index (χ1n) is 7.87. The molecule has 0 N–H and O–H groups in total. The summed E-state index contributed by atoms with van der Waals surface area (Å²) in [6.45, 7) is 0.975. The van der Waals surface area contributed by atoms with Crippen LogP contribution in [0.2, 0.25) is 5.02 Å². The van der Waals surface area contributed by atoms with Gasteiger partial charge in [-0.1, -0.05) is 41.1 Å². The number of hydrogen-bond acceptors (Lipinski definition) is 3. The number of amides is 1. The Morgan fingerprint density at radius 1 is 1.35 bits per heavy atom. The monoisotopic (exact) mass is 390 g/mol. The summed E-state index contributed by atoms with van der Waals surface area (Å²) < 4.78 is 21.2. The predicted octanol–water partition coefficient (Wildman–Crippen LogP) is 4.28. The zero-order chi connectivity index (χ0) is 18.5. The lowest BCUT2D eigenvalue weighted by molar-refractivity contribution is -0.113. The molecule has 1 heterocycles. The maximum atomic E-state index is 13.5. The summed E-state index contributed by atoms with van der Waals surface area (Å²) in [6.07, 6.45) is 2.99. The van der Waals surface area contributed by atoms with Crippen LogP contribution in [0.25, 0.3) is 16.3 Å². The van der Waals surface area contributed by atoms with Crippen LogP contribution in [0.1, 0.15) is 5.56 Å². The highest BCUT2D eigenvalue weighted by atomic mass is 35.5. The topological polar surface area (TPSA) is 43.6 Å². The molecule has 0 atom stereocenters. The highest BCUT2D eigenvalue weighted by Gasteiger charge is 2.08. The first-order chi connectivity index (χ1) is 12.6.